The lowest BCUT2D eigenvalue weighted by Gasteiger charge is -2.29. The molecule has 2 aromatic carbocycles. The first-order chi connectivity index (χ1) is 15.5. The van der Waals surface area contributed by atoms with Crippen LogP contribution in [-0.2, 0) is 0 Å². The molecule has 5 rings (SSSR count). The number of rotatable bonds is 4. The number of hydrogen-bond donors (Lipinski definition) is 1. The zero-order valence-electron chi connectivity index (χ0n) is 17.2. The molecule has 0 unspecified atom stereocenters. The Bertz CT molecular complexity index is 1270. The maximum absolute atomic E-state index is 14.0. The van der Waals surface area contributed by atoms with Crippen LogP contribution in [0.1, 0.15) is 29.0 Å². The Hall–Kier alpha value is -3.58. The first kappa shape index (κ1) is 20.3. The second-order valence-electron chi connectivity index (χ2n) is 7.71. The van der Waals surface area contributed by atoms with Crippen molar-refractivity contribution in [1.29, 1.82) is 0 Å². The van der Waals surface area contributed by atoms with Crippen molar-refractivity contribution in [3.63, 3.8) is 0 Å². The molecule has 1 aliphatic heterocycles. The van der Waals surface area contributed by atoms with E-state index in [1.807, 2.05) is 46.0 Å². The van der Waals surface area contributed by atoms with Gasteiger partial charge in [-0.25, -0.2) is 8.78 Å². The standard InChI is InChI=1S/C25H20F2N4S/c1-16-15-19(11-12-20(16)27)31-24(23(29-25(31)32)21-5-2-3-13-28-21)22-6-4-14-30(22)18-9-7-17(26)8-10-18/h2-15,23-24H,1H3,(H,29,32)/t23-,24+/m1/s1. The van der Waals surface area contributed by atoms with Crippen LogP contribution >= 0.6 is 12.2 Å². The van der Waals surface area contributed by atoms with Crippen LogP contribution in [0.2, 0.25) is 0 Å². The van der Waals surface area contributed by atoms with E-state index in [-0.39, 0.29) is 23.7 Å². The van der Waals surface area contributed by atoms with Gasteiger partial charge in [0.1, 0.15) is 17.7 Å². The molecule has 0 spiro atoms. The van der Waals surface area contributed by atoms with E-state index in [0.29, 0.717) is 10.7 Å². The summed E-state index contributed by atoms with van der Waals surface area (Å²) in [7, 11) is 0. The number of hydrogen-bond acceptors (Lipinski definition) is 2. The molecule has 160 valence electrons. The molecule has 7 heteroatoms. The first-order valence-electron chi connectivity index (χ1n) is 10.2. The number of benzene rings is 2. The van der Waals surface area contributed by atoms with E-state index < -0.39 is 0 Å². The van der Waals surface area contributed by atoms with Gasteiger partial charge in [0, 0.05) is 29.5 Å². The fourth-order valence-corrected chi connectivity index (χ4v) is 4.53. The van der Waals surface area contributed by atoms with E-state index in [4.69, 9.17) is 12.2 Å². The molecule has 1 saturated heterocycles. The zero-order valence-corrected chi connectivity index (χ0v) is 18.1. The van der Waals surface area contributed by atoms with E-state index >= 15 is 0 Å². The SMILES string of the molecule is Cc1cc(N2C(=S)N[C@H](c3ccccn3)[C@@H]2c2cccn2-c2ccc(F)cc2)ccc1F. The summed E-state index contributed by atoms with van der Waals surface area (Å²) in [5.41, 5.74) is 3.95. The van der Waals surface area contributed by atoms with Gasteiger partial charge in [-0.3, -0.25) is 4.98 Å². The lowest BCUT2D eigenvalue weighted by Crippen LogP contribution is -2.30. The number of anilines is 1. The summed E-state index contributed by atoms with van der Waals surface area (Å²) in [5, 5.41) is 3.94. The van der Waals surface area contributed by atoms with Gasteiger partial charge >= 0.3 is 0 Å². The summed E-state index contributed by atoms with van der Waals surface area (Å²) in [5.74, 6) is -0.555. The molecule has 4 nitrogen and oxygen atoms in total. The van der Waals surface area contributed by atoms with Crippen molar-refractivity contribution >= 4 is 23.0 Å². The van der Waals surface area contributed by atoms with Gasteiger partial charge in [0.15, 0.2) is 5.11 Å². The molecule has 2 atom stereocenters. The molecular formula is C25H20F2N4S. The van der Waals surface area contributed by atoms with E-state index in [1.165, 1.54) is 18.2 Å². The van der Waals surface area contributed by atoms with Crippen LogP contribution in [0.5, 0.6) is 0 Å². The number of halogens is 2. The van der Waals surface area contributed by atoms with E-state index in [1.54, 1.807) is 37.4 Å². The van der Waals surface area contributed by atoms with Crippen LogP contribution in [0.4, 0.5) is 14.5 Å². The highest BCUT2D eigenvalue weighted by molar-refractivity contribution is 7.80. The van der Waals surface area contributed by atoms with Crippen molar-refractivity contribution in [3.05, 3.63) is 114 Å². The van der Waals surface area contributed by atoms with Crippen LogP contribution in [0.15, 0.2) is 85.2 Å². The molecule has 1 N–H and O–H groups in total. The van der Waals surface area contributed by atoms with E-state index in [9.17, 15) is 8.78 Å². The van der Waals surface area contributed by atoms with Crippen LogP contribution < -0.4 is 10.2 Å². The van der Waals surface area contributed by atoms with Crippen molar-refractivity contribution in [2.45, 2.75) is 19.0 Å². The maximum atomic E-state index is 14.0. The smallest absolute Gasteiger partial charge is 0.174 e. The number of thiocarbonyl (C=S) groups is 1. The molecule has 1 aliphatic rings. The minimum atomic E-state index is -0.291. The Morgan fingerprint density at radius 1 is 0.938 bits per heavy atom. The van der Waals surface area contributed by atoms with Crippen molar-refractivity contribution < 1.29 is 8.78 Å². The van der Waals surface area contributed by atoms with Crippen LogP contribution in [0, 0.1) is 18.6 Å². The molecular weight excluding hydrogens is 426 g/mol. The van der Waals surface area contributed by atoms with Gasteiger partial charge in [0.25, 0.3) is 0 Å². The third kappa shape index (κ3) is 3.54. The largest absolute Gasteiger partial charge is 0.351 e. The second-order valence-corrected chi connectivity index (χ2v) is 8.10. The van der Waals surface area contributed by atoms with Gasteiger partial charge in [0.2, 0.25) is 0 Å². The van der Waals surface area contributed by atoms with Gasteiger partial charge < -0.3 is 14.8 Å². The predicted molar refractivity (Wildman–Crippen MR) is 125 cm³/mol. The molecule has 1 fully saturated rings. The summed E-state index contributed by atoms with van der Waals surface area (Å²) in [6.45, 7) is 1.73. The van der Waals surface area contributed by atoms with Crippen molar-refractivity contribution in [1.82, 2.24) is 14.9 Å². The lowest BCUT2D eigenvalue weighted by molar-refractivity contribution is 0.548. The highest BCUT2D eigenvalue weighted by Crippen LogP contribution is 2.42. The Morgan fingerprint density at radius 2 is 1.72 bits per heavy atom. The number of aromatic nitrogens is 2. The van der Waals surface area contributed by atoms with Crippen molar-refractivity contribution in [3.8, 4) is 5.69 Å². The number of pyridine rings is 1. The molecule has 0 saturated carbocycles. The molecule has 32 heavy (non-hydrogen) atoms. The minimum Gasteiger partial charge on any atom is -0.351 e. The van der Waals surface area contributed by atoms with E-state index in [0.717, 1.165) is 22.8 Å². The van der Waals surface area contributed by atoms with Gasteiger partial charge in [-0.1, -0.05) is 6.07 Å². The second kappa shape index (κ2) is 8.16. The predicted octanol–water partition coefficient (Wildman–Crippen LogP) is 5.64. The van der Waals surface area contributed by atoms with Crippen molar-refractivity contribution in [2.75, 3.05) is 4.90 Å². The normalized spacial score (nSPS) is 18.1. The van der Waals surface area contributed by atoms with Crippen LogP contribution in [-0.4, -0.2) is 14.7 Å². The topological polar surface area (TPSA) is 33.1 Å². The Morgan fingerprint density at radius 3 is 2.44 bits per heavy atom. The van der Waals surface area contributed by atoms with Gasteiger partial charge in [0.05, 0.1) is 11.7 Å². The zero-order chi connectivity index (χ0) is 22.2. The average Bonchev–Trinajstić information content (AvgIpc) is 3.41. The summed E-state index contributed by atoms with van der Waals surface area (Å²) in [4.78, 5) is 6.56. The molecule has 2 aromatic heterocycles. The third-order valence-electron chi connectivity index (χ3n) is 5.71. The fourth-order valence-electron chi connectivity index (χ4n) is 4.18. The Balaban J connectivity index is 1.67. The quantitative estimate of drug-likeness (QED) is 0.412. The molecule has 0 bridgehead atoms. The summed E-state index contributed by atoms with van der Waals surface area (Å²) in [6.07, 6.45) is 3.69. The number of nitrogens with zero attached hydrogens (tertiary/aromatic N) is 3. The van der Waals surface area contributed by atoms with Crippen LogP contribution in [0.25, 0.3) is 5.69 Å². The summed E-state index contributed by atoms with van der Waals surface area (Å²) < 4.78 is 29.5. The van der Waals surface area contributed by atoms with E-state index in [2.05, 4.69) is 10.3 Å². The Labute approximate surface area is 190 Å². The Kier molecular flexibility index (Phi) is 5.19. The minimum absolute atomic E-state index is 0.233. The molecule has 3 heterocycles. The average molecular weight is 447 g/mol. The monoisotopic (exact) mass is 446 g/mol. The molecule has 0 aliphatic carbocycles. The highest BCUT2D eigenvalue weighted by Gasteiger charge is 2.42. The molecule has 0 radical (unpaired) electrons. The van der Waals surface area contributed by atoms with Gasteiger partial charge in [-0.2, -0.15) is 0 Å². The number of nitrogens with one attached hydrogen (secondary N) is 1. The van der Waals surface area contributed by atoms with Crippen LogP contribution in [0.3, 0.4) is 0 Å². The maximum Gasteiger partial charge on any atom is 0.174 e. The highest BCUT2D eigenvalue weighted by atomic mass is 32.1. The lowest BCUT2D eigenvalue weighted by atomic mass is 10.0. The van der Waals surface area contributed by atoms with Gasteiger partial charge in [-0.15, -0.1) is 0 Å². The molecule has 4 aromatic rings. The fraction of sp³-hybridized carbons (Fsp3) is 0.120. The summed E-state index contributed by atoms with van der Waals surface area (Å²) >= 11 is 5.74. The third-order valence-corrected chi connectivity index (χ3v) is 6.02. The van der Waals surface area contributed by atoms with Crippen molar-refractivity contribution in [2.24, 2.45) is 0 Å². The van der Waals surface area contributed by atoms with Gasteiger partial charge in [-0.05, 0) is 91.4 Å². The number of aryl methyl sites for hydroxylation is 1. The summed E-state index contributed by atoms with van der Waals surface area (Å²) in [6, 6.07) is 20.6. The molecule has 0 amide bonds. The first-order valence-corrected chi connectivity index (χ1v) is 10.6.